The smallest absolute Gasteiger partial charge is 0.173 e. The summed E-state index contributed by atoms with van der Waals surface area (Å²) in [7, 11) is 3.71. The molecule has 80 valence electrons. The molecule has 0 N–H and O–H groups in total. The molecular formula is C10H16ClNO2. The van der Waals surface area contributed by atoms with Crippen LogP contribution in [-0.4, -0.2) is 49.9 Å². The number of Topliss-reactive ketones (excluding diaryl/α,β-unsaturated/α-hetero) is 1. The Morgan fingerprint density at radius 2 is 2.50 bits per heavy atom. The minimum absolute atomic E-state index is 0.0425. The van der Waals surface area contributed by atoms with Crippen LogP contribution in [0.4, 0.5) is 0 Å². The van der Waals surface area contributed by atoms with E-state index in [4.69, 9.17) is 16.3 Å². The van der Waals surface area contributed by atoms with Crippen LogP contribution < -0.4 is 0 Å². The second-order valence-corrected chi connectivity index (χ2v) is 3.81. The highest BCUT2D eigenvalue weighted by molar-refractivity contribution is 6.30. The van der Waals surface area contributed by atoms with E-state index in [0.29, 0.717) is 12.6 Å². The van der Waals surface area contributed by atoms with Crippen LogP contribution in [0.2, 0.25) is 0 Å². The summed E-state index contributed by atoms with van der Waals surface area (Å²) in [5.41, 5.74) is 0.847. The summed E-state index contributed by atoms with van der Waals surface area (Å²) in [5, 5.41) is 0. The van der Waals surface area contributed by atoms with Gasteiger partial charge in [0.15, 0.2) is 5.78 Å². The Hall–Kier alpha value is -0.380. The zero-order chi connectivity index (χ0) is 10.6. The Kier molecular flexibility index (Phi) is 4.58. The van der Waals surface area contributed by atoms with Crippen molar-refractivity contribution in [1.82, 2.24) is 4.90 Å². The number of carbonyl (C=O) groups excluding carboxylic acids is 1. The third kappa shape index (κ3) is 2.80. The number of hydrogen-bond acceptors (Lipinski definition) is 3. The van der Waals surface area contributed by atoms with Gasteiger partial charge in [-0.1, -0.05) is 6.08 Å². The number of methoxy groups -OCH3 is 1. The van der Waals surface area contributed by atoms with E-state index in [2.05, 4.69) is 4.90 Å². The number of rotatable bonds is 4. The Balaban J connectivity index is 2.61. The van der Waals surface area contributed by atoms with Crippen LogP contribution in [0.25, 0.3) is 0 Å². The molecule has 0 spiro atoms. The summed E-state index contributed by atoms with van der Waals surface area (Å²) < 4.78 is 5.10. The van der Waals surface area contributed by atoms with Gasteiger partial charge < -0.3 is 4.74 Å². The van der Waals surface area contributed by atoms with Gasteiger partial charge >= 0.3 is 0 Å². The number of nitrogens with zero attached hydrogens (tertiary/aromatic N) is 1. The number of ether oxygens (including phenoxy) is 1. The fourth-order valence-corrected chi connectivity index (χ4v) is 1.76. The molecule has 0 fully saturated rings. The van der Waals surface area contributed by atoms with Gasteiger partial charge in [0.1, 0.15) is 0 Å². The molecule has 0 aromatic rings. The van der Waals surface area contributed by atoms with Gasteiger partial charge in [0.25, 0.3) is 0 Å². The van der Waals surface area contributed by atoms with Crippen LogP contribution in [0, 0.1) is 0 Å². The molecule has 14 heavy (non-hydrogen) atoms. The van der Waals surface area contributed by atoms with Gasteiger partial charge in [0.2, 0.25) is 0 Å². The van der Waals surface area contributed by atoms with Crippen LogP contribution in [0.5, 0.6) is 0 Å². The van der Waals surface area contributed by atoms with Gasteiger partial charge in [0.05, 0.1) is 12.5 Å². The van der Waals surface area contributed by atoms with E-state index in [1.165, 1.54) is 0 Å². The van der Waals surface area contributed by atoms with Gasteiger partial charge in [-0.25, -0.2) is 0 Å². The van der Waals surface area contributed by atoms with Crippen molar-refractivity contribution in [3.63, 3.8) is 0 Å². The topological polar surface area (TPSA) is 29.5 Å². The number of halogens is 1. The molecule has 3 nitrogen and oxygen atoms in total. The normalized spacial score (nSPS) is 23.4. The minimum atomic E-state index is 0.0425. The molecule has 0 aliphatic carbocycles. The van der Waals surface area contributed by atoms with Crippen LogP contribution in [0.1, 0.15) is 6.42 Å². The quantitative estimate of drug-likeness (QED) is 0.660. The number of carbonyl (C=O) groups is 1. The Labute approximate surface area is 89.7 Å². The number of hydrogen-bond donors (Lipinski definition) is 0. The van der Waals surface area contributed by atoms with E-state index < -0.39 is 0 Å². The first-order valence-electron chi connectivity index (χ1n) is 4.66. The van der Waals surface area contributed by atoms with Crippen molar-refractivity contribution in [3.05, 3.63) is 11.6 Å². The monoisotopic (exact) mass is 217 g/mol. The van der Waals surface area contributed by atoms with Gasteiger partial charge in [-0.2, -0.15) is 0 Å². The lowest BCUT2D eigenvalue weighted by molar-refractivity contribution is -0.113. The van der Waals surface area contributed by atoms with Crippen molar-refractivity contribution in [3.8, 4) is 0 Å². The number of alkyl halides is 1. The molecule has 1 heterocycles. The Morgan fingerprint density at radius 3 is 3.07 bits per heavy atom. The summed E-state index contributed by atoms with van der Waals surface area (Å²) in [6.07, 6.45) is 2.70. The van der Waals surface area contributed by atoms with Crippen LogP contribution in [0.15, 0.2) is 11.6 Å². The maximum atomic E-state index is 11.4. The predicted molar refractivity (Wildman–Crippen MR) is 56.7 cm³/mol. The Bertz CT molecular complexity index is 240. The van der Waals surface area contributed by atoms with E-state index in [9.17, 15) is 4.79 Å². The molecule has 1 aliphatic heterocycles. The second kappa shape index (κ2) is 5.49. The van der Waals surface area contributed by atoms with Crippen molar-refractivity contribution in [1.29, 1.82) is 0 Å². The molecular weight excluding hydrogens is 202 g/mol. The Morgan fingerprint density at radius 1 is 1.79 bits per heavy atom. The molecule has 0 saturated carbocycles. The maximum absolute atomic E-state index is 11.4. The molecule has 1 rings (SSSR count). The van der Waals surface area contributed by atoms with E-state index in [1.54, 1.807) is 7.11 Å². The minimum Gasteiger partial charge on any atom is -0.383 e. The molecule has 0 saturated heterocycles. The van der Waals surface area contributed by atoms with Gasteiger partial charge in [-0.15, -0.1) is 11.6 Å². The standard InChI is InChI=1S/C10H16ClNO2/c1-12-4-3-8(10(13)6-11)5-9(12)7-14-2/h3,9H,4-7H2,1-2H3/t9-/m0/s1. The molecule has 1 aliphatic rings. The van der Waals surface area contributed by atoms with Crippen molar-refractivity contribution in [2.75, 3.05) is 33.2 Å². The zero-order valence-corrected chi connectivity index (χ0v) is 9.38. The molecule has 1 atom stereocenters. The first-order chi connectivity index (χ1) is 6.69. The molecule has 0 bridgehead atoms. The average molecular weight is 218 g/mol. The third-order valence-electron chi connectivity index (χ3n) is 2.54. The second-order valence-electron chi connectivity index (χ2n) is 3.54. The van der Waals surface area contributed by atoms with Crippen molar-refractivity contribution in [2.24, 2.45) is 0 Å². The van der Waals surface area contributed by atoms with Crippen LogP contribution in [0.3, 0.4) is 0 Å². The van der Waals surface area contributed by atoms with Crippen LogP contribution in [-0.2, 0) is 9.53 Å². The van der Waals surface area contributed by atoms with Crippen molar-refractivity contribution in [2.45, 2.75) is 12.5 Å². The fraction of sp³-hybridized carbons (Fsp3) is 0.700. The molecule has 4 heteroatoms. The number of ketones is 1. The summed E-state index contributed by atoms with van der Waals surface area (Å²) in [5.74, 6) is 0.121. The first-order valence-corrected chi connectivity index (χ1v) is 5.19. The first kappa shape index (κ1) is 11.7. The average Bonchev–Trinajstić information content (AvgIpc) is 2.20. The molecule has 0 aromatic carbocycles. The summed E-state index contributed by atoms with van der Waals surface area (Å²) in [6, 6.07) is 0.298. The van der Waals surface area contributed by atoms with E-state index in [1.807, 2.05) is 13.1 Å². The van der Waals surface area contributed by atoms with Gasteiger partial charge in [-0.05, 0) is 19.0 Å². The molecule has 0 unspecified atom stereocenters. The van der Waals surface area contributed by atoms with Crippen molar-refractivity contribution < 1.29 is 9.53 Å². The van der Waals surface area contributed by atoms with Gasteiger partial charge in [-0.3, -0.25) is 9.69 Å². The number of likely N-dealkylation sites (N-methyl/N-ethyl adjacent to an activating group) is 1. The highest BCUT2D eigenvalue weighted by Crippen LogP contribution is 2.17. The summed E-state index contributed by atoms with van der Waals surface area (Å²) in [4.78, 5) is 13.5. The lowest BCUT2D eigenvalue weighted by atomic mass is 9.98. The van der Waals surface area contributed by atoms with E-state index >= 15 is 0 Å². The van der Waals surface area contributed by atoms with Crippen molar-refractivity contribution >= 4 is 17.4 Å². The lowest BCUT2D eigenvalue weighted by Gasteiger charge is -2.31. The summed E-state index contributed by atoms with van der Waals surface area (Å²) >= 11 is 5.51. The van der Waals surface area contributed by atoms with Gasteiger partial charge in [0, 0.05) is 19.7 Å². The lowest BCUT2D eigenvalue weighted by Crippen LogP contribution is -2.39. The maximum Gasteiger partial charge on any atom is 0.173 e. The molecule has 0 aromatic heterocycles. The fourth-order valence-electron chi connectivity index (χ4n) is 1.59. The van der Waals surface area contributed by atoms with E-state index in [0.717, 1.165) is 18.5 Å². The summed E-state index contributed by atoms with van der Waals surface area (Å²) in [6.45, 7) is 1.45. The SMILES string of the molecule is COC[C@@H]1CC(C(=O)CCl)=CCN1C. The van der Waals surface area contributed by atoms with E-state index in [-0.39, 0.29) is 11.7 Å². The predicted octanol–water partition coefficient (Wildman–Crippen LogP) is 1.07. The zero-order valence-electron chi connectivity index (χ0n) is 8.62. The highest BCUT2D eigenvalue weighted by Gasteiger charge is 2.23. The third-order valence-corrected chi connectivity index (χ3v) is 2.79. The largest absolute Gasteiger partial charge is 0.383 e. The molecule has 0 amide bonds. The van der Waals surface area contributed by atoms with Crippen LogP contribution >= 0.6 is 11.6 Å². The molecule has 0 radical (unpaired) electrons. The highest BCUT2D eigenvalue weighted by atomic mass is 35.5.